The third kappa shape index (κ3) is 6.72. The van der Waals surface area contributed by atoms with E-state index in [1.54, 1.807) is 6.92 Å². The maximum absolute atomic E-state index is 11.7. The molecule has 0 aliphatic heterocycles. The lowest BCUT2D eigenvalue weighted by Gasteiger charge is -2.27. The van der Waals surface area contributed by atoms with Gasteiger partial charge in [0.25, 0.3) is 10.1 Å². The normalized spacial score (nSPS) is 22.4. The van der Waals surface area contributed by atoms with E-state index in [-0.39, 0.29) is 18.6 Å². The molecule has 0 spiro atoms. The summed E-state index contributed by atoms with van der Waals surface area (Å²) in [5, 5.41) is 0. The molecule has 0 bridgehead atoms. The Kier molecular flexibility index (Phi) is 6.35. The number of ether oxygens (including phenoxy) is 2. The van der Waals surface area contributed by atoms with Gasteiger partial charge in [0.15, 0.2) is 0 Å². The molecule has 0 aromatic rings. The van der Waals surface area contributed by atoms with Gasteiger partial charge in [0.05, 0.1) is 5.92 Å². The van der Waals surface area contributed by atoms with E-state index in [4.69, 9.17) is 14.0 Å². The lowest BCUT2D eigenvalue weighted by molar-refractivity contribution is -0.152. The van der Waals surface area contributed by atoms with E-state index in [0.717, 1.165) is 0 Å². The molecule has 0 aromatic carbocycles. The lowest BCUT2D eigenvalue weighted by atomic mass is 9.87. The molecule has 0 atom stereocenters. The van der Waals surface area contributed by atoms with E-state index in [0.29, 0.717) is 31.3 Å². The van der Waals surface area contributed by atoms with Crippen LogP contribution >= 0.6 is 0 Å². The van der Waals surface area contributed by atoms with Crippen LogP contribution < -0.4 is 0 Å². The molecule has 120 valence electrons. The van der Waals surface area contributed by atoms with Gasteiger partial charge >= 0.3 is 11.9 Å². The Labute approximate surface area is 124 Å². The zero-order valence-electron chi connectivity index (χ0n) is 11.9. The summed E-state index contributed by atoms with van der Waals surface area (Å²) in [6.07, 6.45) is 1.90. The number of esters is 2. The van der Waals surface area contributed by atoms with Crippen LogP contribution in [0.3, 0.4) is 0 Å². The van der Waals surface area contributed by atoms with E-state index in [1.165, 1.54) is 0 Å². The van der Waals surface area contributed by atoms with E-state index in [9.17, 15) is 18.0 Å². The van der Waals surface area contributed by atoms with Crippen molar-refractivity contribution >= 4 is 22.1 Å². The summed E-state index contributed by atoms with van der Waals surface area (Å²) < 4.78 is 39.5. The van der Waals surface area contributed by atoms with Gasteiger partial charge in [-0.1, -0.05) is 6.58 Å². The second kappa shape index (κ2) is 7.56. The first-order chi connectivity index (χ1) is 9.69. The maximum Gasteiger partial charge on any atom is 0.333 e. The zero-order valence-corrected chi connectivity index (χ0v) is 12.7. The van der Waals surface area contributed by atoms with E-state index in [1.807, 2.05) is 0 Å². The molecule has 1 aliphatic carbocycles. The minimum absolute atomic E-state index is 0.226. The minimum atomic E-state index is -4.12. The van der Waals surface area contributed by atoms with Crippen LogP contribution in [0.5, 0.6) is 0 Å². The lowest BCUT2D eigenvalue weighted by Crippen LogP contribution is -2.29. The van der Waals surface area contributed by atoms with Crippen LogP contribution in [0.1, 0.15) is 32.6 Å². The number of carbonyl (C=O) groups excluding carboxylic acids is 2. The largest absolute Gasteiger partial charge is 0.464 e. The summed E-state index contributed by atoms with van der Waals surface area (Å²) in [6, 6.07) is 0. The Hall–Kier alpha value is -1.41. The van der Waals surface area contributed by atoms with Crippen molar-refractivity contribution in [3.8, 4) is 0 Å². The summed E-state index contributed by atoms with van der Waals surface area (Å²) in [5.74, 6) is -1.85. The molecule has 1 N–H and O–H groups in total. The highest BCUT2D eigenvalue weighted by molar-refractivity contribution is 7.85. The van der Waals surface area contributed by atoms with Crippen molar-refractivity contribution in [2.24, 2.45) is 5.92 Å². The maximum atomic E-state index is 11.7. The first-order valence-corrected chi connectivity index (χ1v) is 8.28. The predicted octanol–water partition coefficient (Wildman–Crippen LogP) is 1.10. The average Bonchev–Trinajstić information content (AvgIpc) is 2.37. The number of hydrogen-bond donors (Lipinski definition) is 1. The van der Waals surface area contributed by atoms with Crippen molar-refractivity contribution < 1.29 is 32.0 Å². The van der Waals surface area contributed by atoms with Gasteiger partial charge in [0.2, 0.25) is 0 Å². The Morgan fingerprint density at radius 2 is 1.81 bits per heavy atom. The molecule has 1 rings (SSSR count). The predicted molar refractivity (Wildman–Crippen MR) is 74.0 cm³/mol. The number of rotatable bonds is 6. The van der Waals surface area contributed by atoms with E-state index < -0.39 is 27.8 Å². The van der Waals surface area contributed by atoms with Crippen molar-refractivity contribution in [1.29, 1.82) is 0 Å². The van der Waals surface area contributed by atoms with Gasteiger partial charge in [-0.3, -0.25) is 9.35 Å². The van der Waals surface area contributed by atoms with Crippen LogP contribution in [0.25, 0.3) is 0 Å². The van der Waals surface area contributed by atoms with E-state index in [2.05, 4.69) is 6.58 Å². The molecule has 1 saturated carbocycles. The van der Waals surface area contributed by atoms with Crippen LogP contribution in [0.15, 0.2) is 12.2 Å². The first kappa shape index (κ1) is 17.6. The summed E-state index contributed by atoms with van der Waals surface area (Å²) >= 11 is 0. The van der Waals surface area contributed by atoms with Crippen LogP contribution in [0.2, 0.25) is 0 Å². The molecule has 1 aliphatic rings. The van der Waals surface area contributed by atoms with Gasteiger partial charge in [0.1, 0.15) is 18.5 Å². The summed E-state index contributed by atoms with van der Waals surface area (Å²) in [6.45, 7) is 4.71. The van der Waals surface area contributed by atoms with Gasteiger partial charge in [-0.15, -0.1) is 0 Å². The molecule has 8 heteroatoms. The molecule has 0 aromatic heterocycles. The van der Waals surface area contributed by atoms with Crippen LogP contribution in [0.4, 0.5) is 0 Å². The highest BCUT2D eigenvalue weighted by Gasteiger charge is 2.29. The number of carbonyl (C=O) groups is 2. The van der Waals surface area contributed by atoms with Crippen molar-refractivity contribution in [1.82, 2.24) is 0 Å². The molecule has 0 radical (unpaired) electrons. The van der Waals surface area contributed by atoms with Crippen molar-refractivity contribution in [2.45, 2.75) is 38.7 Å². The summed E-state index contributed by atoms with van der Waals surface area (Å²) in [5.41, 5.74) is 0.335. The topological polar surface area (TPSA) is 107 Å². The highest BCUT2D eigenvalue weighted by Crippen LogP contribution is 2.27. The monoisotopic (exact) mass is 320 g/mol. The Balaban J connectivity index is 2.30. The Morgan fingerprint density at radius 3 is 2.29 bits per heavy atom. The minimum Gasteiger partial charge on any atom is -0.464 e. The summed E-state index contributed by atoms with van der Waals surface area (Å²) in [7, 11) is -4.12. The molecule has 1 fully saturated rings. The average molecular weight is 320 g/mol. The fourth-order valence-corrected chi connectivity index (χ4v) is 2.33. The van der Waals surface area contributed by atoms with Crippen molar-refractivity contribution in [2.75, 3.05) is 12.4 Å². The van der Waals surface area contributed by atoms with Crippen LogP contribution in [-0.2, 0) is 29.2 Å². The van der Waals surface area contributed by atoms with Gasteiger partial charge in [-0.25, -0.2) is 4.79 Å². The number of hydrogen-bond acceptors (Lipinski definition) is 6. The zero-order chi connectivity index (χ0) is 16.0. The Bertz CT molecular complexity index is 501. The standard InChI is InChI=1S/C13H20O7S/c1-9(2)12(14)20-11-5-3-10(4-6-11)13(15)19-7-8-21(16,17)18/h10-11H,1,3-8H2,2H3,(H,16,17,18). The molecular formula is C13H20O7S. The fraction of sp³-hybridized carbons (Fsp3) is 0.692. The SMILES string of the molecule is C=C(C)C(=O)OC1CCC(C(=O)OCCS(=O)(=O)O)CC1. The van der Waals surface area contributed by atoms with E-state index >= 15 is 0 Å². The van der Waals surface area contributed by atoms with Gasteiger partial charge in [0, 0.05) is 5.57 Å². The van der Waals surface area contributed by atoms with Gasteiger partial charge < -0.3 is 9.47 Å². The third-order valence-corrected chi connectivity index (χ3v) is 3.90. The smallest absolute Gasteiger partial charge is 0.333 e. The van der Waals surface area contributed by atoms with Gasteiger partial charge in [-0.2, -0.15) is 8.42 Å². The van der Waals surface area contributed by atoms with Gasteiger partial charge in [-0.05, 0) is 32.6 Å². The highest BCUT2D eigenvalue weighted by atomic mass is 32.2. The molecule has 0 amide bonds. The Morgan fingerprint density at radius 1 is 1.24 bits per heavy atom. The molecule has 0 saturated heterocycles. The molecule has 21 heavy (non-hydrogen) atoms. The van der Waals surface area contributed by atoms with Crippen molar-refractivity contribution in [3.63, 3.8) is 0 Å². The molecule has 0 unspecified atom stereocenters. The molecule has 7 nitrogen and oxygen atoms in total. The van der Waals surface area contributed by atoms with Crippen LogP contribution in [-0.4, -0.2) is 43.4 Å². The molecule has 0 heterocycles. The second-order valence-electron chi connectivity index (χ2n) is 5.11. The fourth-order valence-electron chi connectivity index (χ4n) is 2.03. The second-order valence-corrected chi connectivity index (χ2v) is 6.68. The molecular weight excluding hydrogens is 300 g/mol. The van der Waals surface area contributed by atoms with Crippen molar-refractivity contribution in [3.05, 3.63) is 12.2 Å². The first-order valence-electron chi connectivity index (χ1n) is 6.67. The third-order valence-electron chi connectivity index (χ3n) is 3.22. The summed E-state index contributed by atoms with van der Waals surface area (Å²) in [4.78, 5) is 23.1. The van der Waals surface area contributed by atoms with Crippen LogP contribution in [0, 0.1) is 5.92 Å². The quantitative estimate of drug-likeness (QED) is 0.443.